The van der Waals surface area contributed by atoms with Gasteiger partial charge in [0.2, 0.25) is 0 Å². The zero-order valence-corrected chi connectivity index (χ0v) is 69.7. The Balaban J connectivity index is -0.000000333. The maximum Gasteiger partial charge on any atom is 4.00 e. The predicted molar refractivity (Wildman–Crippen MR) is 397 cm³/mol. The molecule has 21 heteroatoms. The van der Waals surface area contributed by atoms with Gasteiger partial charge in [0.05, 0.1) is 26.4 Å². The van der Waals surface area contributed by atoms with E-state index in [0.29, 0.717) is 26.4 Å². The molecule has 0 rings (SSSR count). The Morgan fingerprint density at radius 1 is 0.235 bits per heavy atom. The number of hydrogen-bond donors (Lipinski definition) is 0. The molecule has 0 bridgehead atoms. The standard InChI is InChI=1S/4C16H35O2PS2.Mo/c4*1-15(2)11-7-5-9-13-18-19(17,20)21-14-10-6-8-12-16(3)4;/h4*15-16H,5-14H2,1-4H3,(H,17,20);/q;;;;+4/p-4. The van der Waals surface area contributed by atoms with E-state index >= 15 is 0 Å². The molecule has 0 radical (unpaired) electrons. The first-order valence-corrected chi connectivity index (χ1v) is 50.6. The van der Waals surface area contributed by atoms with Gasteiger partial charge in [0.1, 0.15) is 0 Å². The molecule has 0 aromatic rings. The molecule has 0 aromatic heterocycles. The molecule has 0 fully saturated rings. The Morgan fingerprint density at radius 3 is 0.494 bits per heavy atom. The molecular weight excluding hydrogens is 1370 g/mol. The van der Waals surface area contributed by atoms with Crippen molar-refractivity contribution < 1.29 is 58.7 Å². The molecule has 0 N–H and O–H groups in total. The first-order valence-electron chi connectivity index (χ1n) is 33.7. The molecule has 0 aliphatic carbocycles. The van der Waals surface area contributed by atoms with E-state index in [1.54, 1.807) is 0 Å². The van der Waals surface area contributed by atoms with Gasteiger partial charge in [-0.05, 0) is 122 Å². The maximum absolute atomic E-state index is 12.1. The monoisotopic (exact) mass is 1510 g/mol. The molecule has 0 amide bonds. The minimum absolute atomic E-state index is 0. The Morgan fingerprint density at radius 2 is 0.365 bits per heavy atom. The third-order valence-corrected chi connectivity index (χ3v) is 30.9. The third-order valence-electron chi connectivity index (χ3n) is 13.4. The summed E-state index contributed by atoms with van der Waals surface area (Å²) in [6.45, 7) is 38.2. The van der Waals surface area contributed by atoms with Crippen LogP contribution in [0.2, 0.25) is 0 Å². The van der Waals surface area contributed by atoms with Crippen LogP contribution in [0.25, 0.3) is 0 Å². The van der Waals surface area contributed by atoms with E-state index in [1.807, 2.05) is 0 Å². The van der Waals surface area contributed by atoms with E-state index in [4.69, 9.17) is 65.3 Å². The maximum atomic E-state index is 12.1. The molecule has 0 aromatic carbocycles. The molecule has 8 nitrogen and oxygen atoms in total. The predicted octanol–water partition coefficient (Wildman–Crippen LogP) is 23.0. The summed E-state index contributed by atoms with van der Waals surface area (Å²) in [6, 6.07) is 0. The van der Waals surface area contributed by atoms with Crippen molar-refractivity contribution in [1.29, 1.82) is 0 Å². The Kier molecular flexibility index (Phi) is 77.2. The van der Waals surface area contributed by atoms with Crippen molar-refractivity contribution in [3.63, 3.8) is 0 Å². The van der Waals surface area contributed by atoms with Crippen molar-refractivity contribution in [2.45, 2.75) is 316 Å². The van der Waals surface area contributed by atoms with Gasteiger partial charge in [0, 0.05) is 22.8 Å². The second-order valence-electron chi connectivity index (χ2n) is 26.4. The van der Waals surface area contributed by atoms with Gasteiger partial charge in [-0.1, -0.05) is 312 Å². The summed E-state index contributed by atoms with van der Waals surface area (Å²) in [5.41, 5.74) is -11.3. The van der Waals surface area contributed by atoms with E-state index < -0.39 is 22.8 Å². The molecule has 85 heavy (non-hydrogen) atoms. The van der Waals surface area contributed by atoms with Gasteiger partial charge in [-0.25, -0.2) is 0 Å². The van der Waals surface area contributed by atoms with Crippen molar-refractivity contribution in [2.75, 3.05) is 49.4 Å². The number of unbranched alkanes of at least 4 members (excludes halogenated alkanes) is 16. The summed E-state index contributed by atoms with van der Waals surface area (Å²) in [4.78, 5) is 48.2. The van der Waals surface area contributed by atoms with Gasteiger partial charge in [0.15, 0.2) is 0 Å². The normalized spacial score (nSPS) is 14.6. The summed E-state index contributed by atoms with van der Waals surface area (Å²) in [7, 11) is 0. The molecule has 0 spiro atoms. The van der Waals surface area contributed by atoms with Crippen LogP contribution in [0.1, 0.15) is 316 Å². The molecule has 0 aliphatic heterocycles. The van der Waals surface area contributed by atoms with Crippen LogP contribution in [0.15, 0.2) is 0 Å². The van der Waals surface area contributed by atoms with E-state index in [1.165, 1.54) is 174 Å². The van der Waals surface area contributed by atoms with Gasteiger partial charge in [-0.15, -0.1) is 45.5 Å². The average molecular weight is 1510 g/mol. The molecule has 4 atom stereocenters. The topological polar surface area (TPSA) is 129 Å². The van der Waals surface area contributed by atoms with Crippen molar-refractivity contribution in [1.82, 2.24) is 0 Å². The van der Waals surface area contributed by atoms with Crippen molar-refractivity contribution in [2.24, 2.45) is 47.3 Å². The fourth-order valence-corrected chi connectivity index (χ4v) is 21.7. The van der Waals surface area contributed by atoms with Gasteiger partial charge < -0.3 is 37.7 Å². The SMILES string of the molecule is CC(C)CCCCCOP([O-])(=S)SCCCCCC(C)C.CC(C)CCCCCOP([O-])(=S)SCCCCCC(C)C.CC(C)CCCCCOP([O-])(=S)SCCCCCC(C)C.CC(C)CCCCCOP([O-])(=S)SCCCCCC(C)C.[Mo+4]. The fourth-order valence-electron chi connectivity index (χ4n) is 8.21. The van der Waals surface area contributed by atoms with E-state index in [-0.39, 0.29) is 21.1 Å². The quantitative estimate of drug-likeness (QED) is 0.0325. The summed E-state index contributed by atoms with van der Waals surface area (Å²) < 4.78 is 21.7. The van der Waals surface area contributed by atoms with E-state index in [2.05, 4.69) is 111 Å². The zero-order chi connectivity index (χ0) is 64.6. The average Bonchev–Trinajstić information content (AvgIpc) is 3.37. The largest absolute Gasteiger partial charge is 4.00 e. The van der Waals surface area contributed by atoms with Crippen LogP contribution in [0.3, 0.4) is 0 Å². The van der Waals surface area contributed by atoms with Crippen LogP contribution in [0.4, 0.5) is 0 Å². The molecule has 0 saturated heterocycles. The summed E-state index contributed by atoms with van der Waals surface area (Å²) in [5.74, 6) is 9.65. The van der Waals surface area contributed by atoms with Gasteiger partial charge in [-0.3, -0.25) is 0 Å². The van der Waals surface area contributed by atoms with Crippen LogP contribution in [-0.2, 0) is 86.4 Å². The minimum atomic E-state index is -2.83. The molecule has 514 valence electrons. The van der Waals surface area contributed by atoms with Gasteiger partial charge in [-0.2, -0.15) is 0 Å². The number of hydrogen-bond acceptors (Lipinski definition) is 16. The summed E-state index contributed by atoms with van der Waals surface area (Å²) in [6.07, 6.45) is 37.8. The van der Waals surface area contributed by atoms with Crippen molar-refractivity contribution >= 4 is 116 Å². The Hall–Kier alpha value is 4.37. The second-order valence-corrected chi connectivity index (χ2v) is 51.1. The summed E-state index contributed by atoms with van der Waals surface area (Å²) >= 11 is 25.7. The number of rotatable bonds is 56. The molecule has 0 heterocycles. The molecule has 4 unspecified atom stereocenters. The van der Waals surface area contributed by atoms with Crippen molar-refractivity contribution in [3.8, 4) is 0 Å². The minimum Gasteiger partial charge on any atom is -0.793 e. The Labute approximate surface area is 581 Å². The summed E-state index contributed by atoms with van der Waals surface area (Å²) in [5, 5.41) is 0. The van der Waals surface area contributed by atoms with Crippen LogP contribution in [0.5, 0.6) is 0 Å². The first kappa shape index (κ1) is 98.0. The first-order chi connectivity index (χ1) is 39.3. The zero-order valence-electron chi connectivity index (χ0n) is 57.6. The molecular formula is C64H136MoO8P4S8. The van der Waals surface area contributed by atoms with E-state index in [9.17, 15) is 19.6 Å². The van der Waals surface area contributed by atoms with Gasteiger partial charge in [0.25, 0.3) is 0 Å². The van der Waals surface area contributed by atoms with E-state index in [0.717, 1.165) is 147 Å². The van der Waals surface area contributed by atoms with Crippen LogP contribution in [0, 0.1) is 47.3 Å². The third kappa shape index (κ3) is 92.6. The molecule has 0 saturated carbocycles. The van der Waals surface area contributed by atoms with Gasteiger partial charge >= 0.3 is 21.1 Å². The van der Waals surface area contributed by atoms with Crippen molar-refractivity contribution in [3.05, 3.63) is 0 Å². The Bertz CT molecular complexity index is 1270. The van der Waals surface area contributed by atoms with Crippen LogP contribution >= 0.6 is 68.3 Å². The van der Waals surface area contributed by atoms with Crippen LogP contribution in [-0.4, -0.2) is 49.4 Å². The molecule has 0 aliphatic rings. The second kappa shape index (κ2) is 67.0. The fraction of sp³-hybridized carbons (Fsp3) is 1.00. The smallest absolute Gasteiger partial charge is 0.793 e. The van der Waals surface area contributed by atoms with Crippen LogP contribution < -0.4 is 19.6 Å².